The normalized spacial score (nSPS) is 15.6. The zero-order chi connectivity index (χ0) is 39.4. The number of carbonyl (C=O) groups is 3. The Labute approximate surface area is 313 Å². The number of piperidine rings is 1. The monoisotopic (exact) mass is 750 g/mol. The number of morpholine rings is 1. The van der Waals surface area contributed by atoms with Gasteiger partial charge in [-0.3, -0.25) is 14.6 Å². The Morgan fingerprint density at radius 2 is 1.85 bits per heavy atom. The Balaban J connectivity index is 0.000000506. The van der Waals surface area contributed by atoms with Crippen LogP contribution in [-0.2, 0) is 19.1 Å². The van der Waals surface area contributed by atoms with Gasteiger partial charge >= 0.3 is 0 Å². The lowest BCUT2D eigenvalue weighted by molar-refractivity contribution is -0.128. The van der Waals surface area contributed by atoms with Crippen molar-refractivity contribution in [1.29, 1.82) is 0 Å². The van der Waals surface area contributed by atoms with Gasteiger partial charge in [0.1, 0.15) is 12.0 Å². The minimum absolute atomic E-state index is 0.0199. The first-order valence-corrected chi connectivity index (χ1v) is 17.8. The van der Waals surface area contributed by atoms with Crippen LogP contribution < -0.4 is 16.4 Å². The topological polar surface area (TPSA) is 186 Å². The second-order valence-corrected chi connectivity index (χ2v) is 12.5. The molecule has 298 valence electrons. The number of halogens is 2. The molecule has 0 aliphatic carbocycles. The SMILES string of the molecule is C/C=C/CN(C)C.C=NC(=NC(=NCCN(C)CCNC)c1cnc(N)nc1C(F)F)N1CCOCC1.O=CCCCNC(=O)C1CCN(C=O)CC1. The van der Waals surface area contributed by atoms with Crippen molar-refractivity contribution < 1.29 is 27.9 Å². The third-order valence-electron chi connectivity index (χ3n) is 7.97. The third kappa shape index (κ3) is 20.0. The lowest BCUT2D eigenvalue weighted by Crippen LogP contribution is -2.40. The summed E-state index contributed by atoms with van der Waals surface area (Å²) < 4.78 is 32.5. The molecule has 0 radical (unpaired) electrons. The second-order valence-electron chi connectivity index (χ2n) is 12.5. The molecule has 1 aromatic heterocycles. The number of ether oxygens (including phenoxy) is 1. The van der Waals surface area contributed by atoms with Crippen molar-refractivity contribution in [3.8, 4) is 0 Å². The number of hydrogen-bond donors (Lipinski definition) is 3. The summed E-state index contributed by atoms with van der Waals surface area (Å²) in [5.41, 5.74) is 5.01. The molecule has 2 saturated heterocycles. The zero-order valence-electron chi connectivity index (χ0n) is 32.1. The fraction of sp³-hybridized carbons (Fsp3) is 0.657. The number of aldehydes is 1. The van der Waals surface area contributed by atoms with Crippen LogP contribution in [0.1, 0.15) is 50.3 Å². The van der Waals surface area contributed by atoms with E-state index in [1.54, 1.807) is 4.90 Å². The number of allylic oxidation sites excluding steroid dienone is 1. The number of amides is 2. The highest BCUT2D eigenvalue weighted by molar-refractivity contribution is 6.07. The van der Waals surface area contributed by atoms with Gasteiger partial charge in [0.25, 0.3) is 6.43 Å². The number of alkyl halides is 2. The van der Waals surface area contributed by atoms with Crippen LogP contribution in [0.25, 0.3) is 0 Å². The maximum atomic E-state index is 13.6. The predicted molar refractivity (Wildman–Crippen MR) is 206 cm³/mol. The number of rotatable bonds is 16. The smallest absolute Gasteiger partial charge is 0.281 e. The van der Waals surface area contributed by atoms with Crippen LogP contribution in [0.3, 0.4) is 0 Å². The van der Waals surface area contributed by atoms with Gasteiger partial charge in [-0.15, -0.1) is 0 Å². The van der Waals surface area contributed by atoms with Crippen LogP contribution >= 0.6 is 0 Å². The van der Waals surface area contributed by atoms with E-state index in [1.165, 1.54) is 6.20 Å². The lowest BCUT2D eigenvalue weighted by Gasteiger charge is -2.28. The maximum absolute atomic E-state index is 13.6. The van der Waals surface area contributed by atoms with Gasteiger partial charge in [0.05, 0.1) is 25.3 Å². The number of likely N-dealkylation sites (tertiary alicyclic amines) is 1. The first-order valence-electron chi connectivity index (χ1n) is 17.8. The Morgan fingerprint density at radius 1 is 1.15 bits per heavy atom. The van der Waals surface area contributed by atoms with Crippen LogP contribution in [0.5, 0.6) is 0 Å². The van der Waals surface area contributed by atoms with Crippen LogP contribution in [-0.4, -0.2) is 174 Å². The molecule has 0 spiro atoms. The number of carbonyl (C=O) groups excluding carboxylic acids is 3. The lowest BCUT2D eigenvalue weighted by atomic mass is 9.96. The van der Waals surface area contributed by atoms with Gasteiger partial charge < -0.3 is 45.5 Å². The molecule has 16 nitrogen and oxygen atoms in total. The number of anilines is 1. The highest BCUT2D eigenvalue weighted by Gasteiger charge is 2.24. The maximum Gasteiger partial charge on any atom is 0.281 e. The fourth-order valence-electron chi connectivity index (χ4n) is 4.86. The number of guanidine groups is 1. The van der Waals surface area contributed by atoms with E-state index < -0.39 is 12.1 Å². The van der Waals surface area contributed by atoms with E-state index in [2.05, 4.69) is 78.3 Å². The van der Waals surface area contributed by atoms with Gasteiger partial charge in [0, 0.05) is 77.4 Å². The van der Waals surface area contributed by atoms with E-state index in [4.69, 9.17) is 10.5 Å². The Morgan fingerprint density at radius 3 is 2.40 bits per heavy atom. The molecule has 2 aliphatic heterocycles. The molecule has 0 aromatic carbocycles. The summed E-state index contributed by atoms with van der Waals surface area (Å²) in [6.45, 7) is 13.3. The third-order valence-corrected chi connectivity index (χ3v) is 7.97. The van der Waals surface area contributed by atoms with Gasteiger partial charge in [-0.2, -0.15) is 4.99 Å². The highest BCUT2D eigenvalue weighted by Crippen LogP contribution is 2.22. The first-order chi connectivity index (χ1) is 25.5. The zero-order valence-corrected chi connectivity index (χ0v) is 32.1. The molecule has 18 heteroatoms. The summed E-state index contributed by atoms with van der Waals surface area (Å²) in [5, 5.41) is 5.89. The molecule has 2 fully saturated rings. The van der Waals surface area contributed by atoms with Crippen molar-refractivity contribution in [2.45, 2.75) is 39.0 Å². The Hall–Kier alpha value is -4.26. The summed E-state index contributed by atoms with van der Waals surface area (Å²) in [5.74, 6) is 0.196. The molecular weight excluding hydrogens is 690 g/mol. The van der Waals surface area contributed by atoms with Crippen LogP contribution in [0, 0.1) is 5.92 Å². The molecule has 0 atom stereocenters. The fourth-order valence-corrected chi connectivity index (χ4v) is 4.86. The van der Waals surface area contributed by atoms with E-state index in [0.717, 1.165) is 45.2 Å². The van der Waals surface area contributed by atoms with Crippen LogP contribution in [0.15, 0.2) is 33.3 Å². The van der Waals surface area contributed by atoms with Crippen molar-refractivity contribution in [3.63, 3.8) is 0 Å². The Bertz CT molecular complexity index is 1300. The quantitative estimate of drug-likeness (QED) is 0.0729. The highest BCUT2D eigenvalue weighted by atomic mass is 19.3. The number of aliphatic imine (C=N–C) groups is 3. The number of nitrogens with one attached hydrogen (secondary N) is 2. The van der Waals surface area contributed by atoms with Crippen molar-refractivity contribution in [2.75, 3.05) is 113 Å². The number of hydrogen-bond acceptors (Lipinski definition) is 11. The van der Waals surface area contributed by atoms with Crippen molar-refractivity contribution in [1.82, 2.24) is 40.2 Å². The van der Waals surface area contributed by atoms with Crippen LogP contribution in [0.4, 0.5) is 14.7 Å². The van der Waals surface area contributed by atoms with Crippen molar-refractivity contribution in [3.05, 3.63) is 29.6 Å². The van der Waals surface area contributed by atoms with Gasteiger partial charge in [-0.25, -0.2) is 23.7 Å². The number of nitrogens with two attached hydrogens (primary N) is 1. The number of nitrogen functional groups attached to an aromatic ring is 1. The summed E-state index contributed by atoms with van der Waals surface area (Å²) >= 11 is 0. The standard InChI is InChI=1S/C18H29F2N9O.C11H18N2O3.C6H13N/c1-22-4-6-28(3)7-5-24-16(13-12-25-17(21)26-14(13)15(19)20)27-18(23-2)29-8-10-30-11-9-29;14-8-2-1-5-12-11(16)10-3-6-13(9-15)7-4-10;1-4-5-6-7(2)3/h12,15,22H,2,4-11H2,1,3H3,(H2,21,25,26);8-10H,1-7H2,(H,12,16);4-5H,6H2,1-3H3/b;;5-4+. The molecular formula is C35H60F2N12O4. The van der Waals surface area contributed by atoms with E-state index in [0.29, 0.717) is 71.9 Å². The van der Waals surface area contributed by atoms with E-state index in [-0.39, 0.29) is 35.1 Å². The number of likely N-dealkylation sites (N-methyl/N-ethyl adjacent to an activating group) is 3. The Kier molecular flexibility index (Phi) is 24.9. The van der Waals surface area contributed by atoms with Gasteiger partial charge in [-0.1, -0.05) is 12.2 Å². The van der Waals surface area contributed by atoms with Gasteiger partial charge in [0.2, 0.25) is 24.2 Å². The molecule has 0 unspecified atom stereocenters. The molecule has 53 heavy (non-hydrogen) atoms. The largest absolute Gasteiger partial charge is 0.378 e. The summed E-state index contributed by atoms with van der Waals surface area (Å²) in [6, 6.07) is 0. The van der Waals surface area contributed by atoms with Crippen molar-refractivity contribution in [2.24, 2.45) is 20.9 Å². The summed E-state index contributed by atoms with van der Waals surface area (Å²) in [6.07, 6.45) is 6.89. The summed E-state index contributed by atoms with van der Waals surface area (Å²) in [4.78, 5) is 60.4. The van der Waals surface area contributed by atoms with E-state index in [1.807, 2.05) is 25.9 Å². The predicted octanol–water partition coefficient (Wildman–Crippen LogP) is 1.36. The molecule has 3 heterocycles. The molecule has 2 aliphatic rings. The second kappa shape index (κ2) is 28.3. The summed E-state index contributed by atoms with van der Waals surface area (Å²) in [7, 11) is 7.94. The first kappa shape index (κ1) is 46.8. The number of nitrogens with zero attached hydrogens (tertiary/aromatic N) is 9. The minimum atomic E-state index is -2.85. The molecule has 0 bridgehead atoms. The minimum Gasteiger partial charge on any atom is -0.378 e. The molecule has 3 rings (SSSR count). The number of unbranched alkanes of at least 4 members (excludes halogenated alkanes) is 1. The van der Waals surface area contributed by atoms with Gasteiger partial charge in [-0.05, 0) is 61.1 Å². The average Bonchev–Trinajstić information content (AvgIpc) is 3.17. The molecule has 1 aromatic rings. The number of amidine groups is 1. The van der Waals surface area contributed by atoms with Crippen LogP contribution in [0.2, 0.25) is 0 Å². The molecule has 0 saturated carbocycles. The van der Waals surface area contributed by atoms with Gasteiger partial charge in [0.15, 0.2) is 5.84 Å². The average molecular weight is 751 g/mol. The van der Waals surface area contributed by atoms with E-state index in [9.17, 15) is 23.2 Å². The van der Waals surface area contributed by atoms with Crippen molar-refractivity contribution >= 4 is 43.1 Å². The molecule has 2 amide bonds. The number of aromatic nitrogens is 2. The van der Waals surface area contributed by atoms with E-state index >= 15 is 0 Å². The molecule has 4 N–H and O–H groups in total.